The van der Waals surface area contributed by atoms with Crippen LogP contribution in [0.2, 0.25) is 0 Å². The van der Waals surface area contributed by atoms with E-state index < -0.39 is 0 Å². The lowest BCUT2D eigenvalue weighted by Gasteiger charge is -2.29. The van der Waals surface area contributed by atoms with Gasteiger partial charge < -0.3 is 5.32 Å². The van der Waals surface area contributed by atoms with E-state index in [0.717, 1.165) is 29.6 Å². The number of anilines is 1. The summed E-state index contributed by atoms with van der Waals surface area (Å²) in [7, 11) is 0. The van der Waals surface area contributed by atoms with Crippen molar-refractivity contribution in [3.63, 3.8) is 0 Å². The number of nitriles is 1. The zero-order valence-corrected chi connectivity index (χ0v) is 13.2. The number of rotatable bonds is 5. The third kappa shape index (κ3) is 5.07. The van der Waals surface area contributed by atoms with Gasteiger partial charge in [0, 0.05) is 4.90 Å². The number of para-hydroxylation sites is 1. The van der Waals surface area contributed by atoms with Crippen molar-refractivity contribution in [1.29, 1.82) is 5.26 Å². The van der Waals surface area contributed by atoms with Gasteiger partial charge in [-0.2, -0.15) is 5.26 Å². The van der Waals surface area contributed by atoms with Crippen molar-refractivity contribution < 1.29 is 4.79 Å². The van der Waals surface area contributed by atoms with Crippen LogP contribution in [0.3, 0.4) is 0 Å². The highest BCUT2D eigenvalue weighted by atomic mass is 32.2. The van der Waals surface area contributed by atoms with Gasteiger partial charge in [-0.25, -0.2) is 0 Å². The molecule has 0 radical (unpaired) electrons. The minimum Gasteiger partial charge on any atom is -0.324 e. The molecular formula is C16H21N3OS. The van der Waals surface area contributed by atoms with E-state index in [4.69, 9.17) is 5.26 Å². The van der Waals surface area contributed by atoms with Crippen molar-refractivity contribution in [3.05, 3.63) is 24.3 Å². The highest BCUT2D eigenvalue weighted by Crippen LogP contribution is 2.26. The number of carbonyl (C=O) groups excluding carboxylic acids is 1. The Balaban J connectivity index is 1.89. The fraction of sp³-hybridized carbons (Fsp3) is 0.500. The Morgan fingerprint density at radius 2 is 2.14 bits per heavy atom. The molecule has 4 nitrogen and oxygen atoms in total. The summed E-state index contributed by atoms with van der Waals surface area (Å²) in [6, 6.07) is 9.74. The molecule has 1 aromatic carbocycles. The maximum Gasteiger partial charge on any atom is 0.238 e. The quantitative estimate of drug-likeness (QED) is 0.850. The van der Waals surface area contributed by atoms with Crippen LogP contribution in [0.4, 0.5) is 5.69 Å². The van der Waals surface area contributed by atoms with E-state index in [1.807, 2.05) is 24.3 Å². The second-order valence-electron chi connectivity index (χ2n) is 5.45. The van der Waals surface area contributed by atoms with Crippen LogP contribution in [-0.2, 0) is 4.79 Å². The fourth-order valence-corrected chi connectivity index (χ4v) is 3.09. The maximum absolute atomic E-state index is 12.2. The van der Waals surface area contributed by atoms with Crippen molar-refractivity contribution in [2.24, 2.45) is 5.92 Å². The van der Waals surface area contributed by atoms with Gasteiger partial charge in [-0.15, -0.1) is 11.8 Å². The number of thioether (sulfide) groups is 1. The van der Waals surface area contributed by atoms with E-state index in [9.17, 15) is 4.79 Å². The number of carbonyl (C=O) groups is 1. The smallest absolute Gasteiger partial charge is 0.238 e. The lowest BCUT2D eigenvalue weighted by atomic mass is 9.99. The molecule has 1 saturated heterocycles. The topological polar surface area (TPSA) is 56.1 Å². The van der Waals surface area contributed by atoms with Crippen molar-refractivity contribution in [2.75, 3.05) is 30.7 Å². The van der Waals surface area contributed by atoms with Gasteiger partial charge >= 0.3 is 0 Å². The summed E-state index contributed by atoms with van der Waals surface area (Å²) in [5, 5.41) is 11.6. The van der Waals surface area contributed by atoms with Crippen LogP contribution in [0.1, 0.15) is 19.8 Å². The fourth-order valence-electron chi connectivity index (χ4n) is 2.42. The molecular weight excluding hydrogens is 282 g/mol. The number of likely N-dealkylation sites (tertiary alicyclic amines) is 1. The molecule has 1 aliphatic rings. The van der Waals surface area contributed by atoms with Crippen molar-refractivity contribution >= 4 is 23.4 Å². The van der Waals surface area contributed by atoms with Crippen LogP contribution >= 0.6 is 11.8 Å². The van der Waals surface area contributed by atoms with Gasteiger partial charge in [-0.3, -0.25) is 9.69 Å². The van der Waals surface area contributed by atoms with Gasteiger partial charge in [-0.05, 0) is 44.0 Å². The van der Waals surface area contributed by atoms with E-state index in [2.05, 4.69) is 23.2 Å². The predicted molar refractivity (Wildman–Crippen MR) is 86.2 cm³/mol. The van der Waals surface area contributed by atoms with Gasteiger partial charge in [0.2, 0.25) is 5.91 Å². The number of piperidine rings is 1. The predicted octanol–water partition coefficient (Wildman–Crippen LogP) is 2.97. The average molecular weight is 303 g/mol. The SMILES string of the molecule is CC1CCN(CC(=O)Nc2ccccc2SCC#N)CC1. The van der Waals surface area contributed by atoms with Crippen molar-refractivity contribution in [1.82, 2.24) is 4.90 Å². The lowest BCUT2D eigenvalue weighted by Crippen LogP contribution is -2.38. The number of hydrogen-bond acceptors (Lipinski definition) is 4. The van der Waals surface area contributed by atoms with Crippen molar-refractivity contribution in [2.45, 2.75) is 24.7 Å². The molecule has 21 heavy (non-hydrogen) atoms. The minimum absolute atomic E-state index is 0.0227. The zero-order chi connectivity index (χ0) is 15.1. The van der Waals surface area contributed by atoms with Crippen LogP contribution < -0.4 is 5.32 Å². The number of nitrogens with zero attached hydrogens (tertiary/aromatic N) is 2. The first kappa shape index (κ1) is 15.9. The molecule has 1 heterocycles. The van der Waals surface area contributed by atoms with Gasteiger partial charge in [0.15, 0.2) is 0 Å². The largest absolute Gasteiger partial charge is 0.324 e. The summed E-state index contributed by atoms with van der Waals surface area (Å²) >= 11 is 1.45. The highest BCUT2D eigenvalue weighted by Gasteiger charge is 2.18. The number of hydrogen-bond donors (Lipinski definition) is 1. The molecule has 112 valence electrons. The normalized spacial score (nSPS) is 16.4. The minimum atomic E-state index is 0.0227. The Hall–Kier alpha value is -1.51. The maximum atomic E-state index is 12.2. The summed E-state index contributed by atoms with van der Waals surface area (Å²) < 4.78 is 0. The molecule has 1 amide bonds. The molecule has 0 saturated carbocycles. The van der Waals surface area contributed by atoms with E-state index in [1.165, 1.54) is 24.6 Å². The Morgan fingerprint density at radius 3 is 2.86 bits per heavy atom. The summed E-state index contributed by atoms with van der Waals surface area (Å²) in [5.41, 5.74) is 0.799. The Morgan fingerprint density at radius 1 is 1.43 bits per heavy atom. The molecule has 1 fully saturated rings. The molecule has 0 aromatic heterocycles. The summed E-state index contributed by atoms with van der Waals surface area (Å²) in [4.78, 5) is 15.3. The molecule has 1 aliphatic heterocycles. The third-order valence-corrected chi connectivity index (χ3v) is 4.64. The van der Waals surface area contributed by atoms with Crippen LogP contribution in [0.25, 0.3) is 0 Å². The number of amides is 1. The zero-order valence-electron chi connectivity index (χ0n) is 12.3. The molecule has 0 bridgehead atoms. The Kier molecular flexibility index (Phi) is 6.09. The van der Waals surface area contributed by atoms with Gasteiger partial charge in [-0.1, -0.05) is 19.1 Å². The average Bonchev–Trinajstić information content (AvgIpc) is 2.49. The summed E-state index contributed by atoms with van der Waals surface area (Å²) in [5.74, 6) is 1.18. The molecule has 0 spiro atoms. The molecule has 5 heteroatoms. The summed E-state index contributed by atoms with van der Waals surface area (Å²) in [6.45, 7) is 4.71. The first-order valence-electron chi connectivity index (χ1n) is 7.30. The first-order chi connectivity index (χ1) is 10.2. The number of nitrogens with one attached hydrogen (secondary N) is 1. The van der Waals surface area contributed by atoms with Crippen LogP contribution in [0.15, 0.2) is 29.2 Å². The molecule has 0 atom stereocenters. The second-order valence-corrected chi connectivity index (χ2v) is 6.47. The third-order valence-electron chi connectivity index (χ3n) is 3.70. The lowest BCUT2D eigenvalue weighted by molar-refractivity contribution is -0.117. The van der Waals surface area contributed by atoms with Gasteiger partial charge in [0.05, 0.1) is 24.1 Å². The monoisotopic (exact) mass is 303 g/mol. The molecule has 0 unspecified atom stereocenters. The van der Waals surface area contributed by atoms with E-state index in [1.54, 1.807) is 0 Å². The van der Waals surface area contributed by atoms with E-state index >= 15 is 0 Å². The van der Waals surface area contributed by atoms with E-state index in [-0.39, 0.29) is 5.91 Å². The Labute approximate surface area is 130 Å². The van der Waals surface area contributed by atoms with Gasteiger partial charge in [0.1, 0.15) is 0 Å². The molecule has 1 N–H and O–H groups in total. The molecule has 1 aromatic rings. The molecule has 0 aliphatic carbocycles. The summed E-state index contributed by atoms with van der Waals surface area (Å²) in [6.07, 6.45) is 2.34. The number of benzene rings is 1. The first-order valence-corrected chi connectivity index (χ1v) is 8.28. The standard InChI is InChI=1S/C16H21N3OS/c1-13-6-9-19(10-7-13)12-16(20)18-14-4-2-3-5-15(14)21-11-8-17/h2-5,13H,6-7,9-12H2,1H3,(H,18,20). The van der Waals surface area contributed by atoms with Crippen LogP contribution in [0.5, 0.6) is 0 Å². The van der Waals surface area contributed by atoms with Crippen LogP contribution in [-0.4, -0.2) is 36.2 Å². The Bertz CT molecular complexity index is 518. The van der Waals surface area contributed by atoms with Crippen molar-refractivity contribution in [3.8, 4) is 6.07 Å². The highest BCUT2D eigenvalue weighted by molar-refractivity contribution is 7.99. The van der Waals surface area contributed by atoms with Gasteiger partial charge in [0.25, 0.3) is 0 Å². The van der Waals surface area contributed by atoms with Crippen LogP contribution in [0, 0.1) is 17.2 Å². The second kappa shape index (κ2) is 8.06. The molecule has 2 rings (SSSR count). The van der Waals surface area contributed by atoms with E-state index in [0.29, 0.717) is 12.3 Å².